The number of hydrogen-bond donors (Lipinski definition) is 3. The van der Waals surface area contributed by atoms with Crippen LogP contribution in [0.4, 0.5) is 19.0 Å². The lowest BCUT2D eigenvalue weighted by molar-refractivity contribution is -0.137. The molecule has 0 aliphatic heterocycles. The first-order valence-electron chi connectivity index (χ1n) is 7.54. The Bertz CT molecular complexity index is 483. The van der Waals surface area contributed by atoms with Gasteiger partial charge in [-0.2, -0.15) is 13.2 Å². The molecule has 0 bridgehead atoms. The molecule has 3 N–H and O–H groups in total. The van der Waals surface area contributed by atoms with Gasteiger partial charge in [-0.05, 0) is 24.5 Å². The van der Waals surface area contributed by atoms with Gasteiger partial charge in [-0.15, -0.1) is 0 Å². The van der Waals surface area contributed by atoms with Crippen molar-refractivity contribution < 1.29 is 13.2 Å². The molecule has 23 heavy (non-hydrogen) atoms. The second-order valence-corrected chi connectivity index (χ2v) is 5.48. The summed E-state index contributed by atoms with van der Waals surface area (Å²) in [6.45, 7) is 6.37. The minimum Gasteiger partial charge on any atom is -0.370 e. The van der Waals surface area contributed by atoms with Crippen LogP contribution in [0.5, 0.6) is 0 Å². The smallest absolute Gasteiger partial charge is 0.370 e. The predicted molar refractivity (Wildman–Crippen MR) is 86.5 cm³/mol. The van der Waals surface area contributed by atoms with Crippen molar-refractivity contribution in [1.82, 2.24) is 15.6 Å². The van der Waals surface area contributed by atoms with Crippen LogP contribution >= 0.6 is 0 Å². The Kier molecular flexibility index (Phi) is 7.64. The molecule has 1 rings (SSSR count). The third-order valence-corrected chi connectivity index (χ3v) is 2.94. The zero-order valence-corrected chi connectivity index (χ0v) is 13.7. The number of guanidine groups is 1. The van der Waals surface area contributed by atoms with Crippen LogP contribution in [0.3, 0.4) is 0 Å². The summed E-state index contributed by atoms with van der Waals surface area (Å²) in [6.07, 6.45) is -2.74. The van der Waals surface area contributed by atoms with Crippen molar-refractivity contribution in [3.8, 4) is 0 Å². The van der Waals surface area contributed by atoms with Crippen molar-refractivity contribution >= 4 is 11.8 Å². The second-order valence-electron chi connectivity index (χ2n) is 5.48. The lowest BCUT2D eigenvalue weighted by Crippen LogP contribution is -2.39. The molecule has 0 radical (unpaired) electrons. The van der Waals surface area contributed by atoms with Crippen molar-refractivity contribution in [3.63, 3.8) is 0 Å². The number of rotatable bonds is 7. The number of aliphatic imine (C=N–C) groups is 1. The molecule has 1 aromatic rings. The van der Waals surface area contributed by atoms with Gasteiger partial charge in [-0.3, -0.25) is 4.99 Å². The van der Waals surface area contributed by atoms with Crippen LogP contribution in [0, 0.1) is 5.92 Å². The van der Waals surface area contributed by atoms with E-state index in [1.807, 2.05) is 0 Å². The van der Waals surface area contributed by atoms with Gasteiger partial charge in [0.05, 0.1) is 5.56 Å². The van der Waals surface area contributed by atoms with E-state index in [9.17, 15) is 13.2 Å². The molecule has 0 aliphatic rings. The maximum Gasteiger partial charge on any atom is 0.417 e. The average Bonchev–Trinajstić information content (AvgIpc) is 2.49. The van der Waals surface area contributed by atoms with Gasteiger partial charge in [0.15, 0.2) is 5.96 Å². The van der Waals surface area contributed by atoms with Crippen LogP contribution in [0.25, 0.3) is 0 Å². The first kappa shape index (κ1) is 19.1. The number of nitrogens with zero attached hydrogens (tertiary/aromatic N) is 2. The standard InChI is InChI=1S/C15H24F3N5/c1-11(2)9-23-14(19-3)21-8-4-7-20-13-6-5-12(10-22-13)15(16,17)18/h5-6,10-11H,4,7-9H2,1-3H3,(H,20,22)(H2,19,21,23). The Balaban J connectivity index is 2.24. The van der Waals surface area contributed by atoms with E-state index >= 15 is 0 Å². The van der Waals surface area contributed by atoms with Crippen molar-refractivity contribution in [3.05, 3.63) is 23.9 Å². The highest BCUT2D eigenvalue weighted by molar-refractivity contribution is 5.79. The Morgan fingerprint density at radius 3 is 2.48 bits per heavy atom. The van der Waals surface area contributed by atoms with E-state index in [-0.39, 0.29) is 0 Å². The van der Waals surface area contributed by atoms with E-state index in [4.69, 9.17) is 0 Å². The number of pyridine rings is 1. The van der Waals surface area contributed by atoms with E-state index in [1.165, 1.54) is 6.07 Å². The van der Waals surface area contributed by atoms with Gasteiger partial charge >= 0.3 is 6.18 Å². The molecule has 0 fully saturated rings. The largest absolute Gasteiger partial charge is 0.417 e. The van der Waals surface area contributed by atoms with Crippen molar-refractivity contribution in [2.75, 3.05) is 32.0 Å². The molecule has 0 aromatic carbocycles. The summed E-state index contributed by atoms with van der Waals surface area (Å²) in [5, 5.41) is 9.35. The van der Waals surface area contributed by atoms with Gasteiger partial charge in [0.25, 0.3) is 0 Å². The maximum atomic E-state index is 12.4. The molecule has 0 saturated heterocycles. The fourth-order valence-corrected chi connectivity index (χ4v) is 1.70. The molecule has 0 amide bonds. The molecule has 8 heteroatoms. The topological polar surface area (TPSA) is 61.3 Å². The maximum absolute atomic E-state index is 12.4. The van der Waals surface area contributed by atoms with E-state index < -0.39 is 11.7 Å². The van der Waals surface area contributed by atoms with Crippen LogP contribution < -0.4 is 16.0 Å². The van der Waals surface area contributed by atoms with Gasteiger partial charge in [0.2, 0.25) is 0 Å². The number of hydrogen-bond acceptors (Lipinski definition) is 3. The molecule has 0 atom stereocenters. The van der Waals surface area contributed by atoms with Gasteiger partial charge < -0.3 is 16.0 Å². The summed E-state index contributed by atoms with van der Waals surface area (Å²) in [5.41, 5.74) is -0.746. The van der Waals surface area contributed by atoms with E-state index in [0.717, 1.165) is 31.2 Å². The first-order chi connectivity index (χ1) is 10.8. The highest BCUT2D eigenvalue weighted by atomic mass is 19.4. The zero-order valence-electron chi connectivity index (χ0n) is 13.7. The average molecular weight is 331 g/mol. The first-order valence-corrected chi connectivity index (χ1v) is 7.54. The van der Waals surface area contributed by atoms with Crippen LogP contribution in [0.2, 0.25) is 0 Å². The second kappa shape index (κ2) is 9.22. The number of aromatic nitrogens is 1. The summed E-state index contributed by atoms with van der Waals surface area (Å²) in [6, 6.07) is 2.35. The highest BCUT2D eigenvalue weighted by Crippen LogP contribution is 2.28. The molecule has 0 aliphatic carbocycles. The quantitative estimate of drug-likeness (QED) is 0.408. The number of alkyl halides is 3. The summed E-state index contributed by atoms with van der Waals surface area (Å²) in [4.78, 5) is 7.86. The molecule has 0 unspecified atom stereocenters. The summed E-state index contributed by atoms with van der Waals surface area (Å²) < 4.78 is 37.2. The zero-order chi connectivity index (χ0) is 17.3. The number of halogens is 3. The Morgan fingerprint density at radius 2 is 1.96 bits per heavy atom. The lowest BCUT2D eigenvalue weighted by atomic mass is 10.2. The van der Waals surface area contributed by atoms with Gasteiger partial charge in [0, 0.05) is 32.9 Å². The van der Waals surface area contributed by atoms with Crippen molar-refractivity contribution in [2.24, 2.45) is 10.9 Å². The van der Waals surface area contributed by atoms with Crippen molar-refractivity contribution in [1.29, 1.82) is 0 Å². The van der Waals surface area contributed by atoms with Crippen LogP contribution in [-0.4, -0.2) is 37.6 Å². The molecular formula is C15H24F3N5. The Labute approximate surface area is 134 Å². The molecule has 5 nitrogen and oxygen atoms in total. The van der Waals surface area contributed by atoms with Crippen LogP contribution in [0.15, 0.2) is 23.3 Å². The fourth-order valence-electron chi connectivity index (χ4n) is 1.70. The summed E-state index contributed by atoms with van der Waals surface area (Å²) in [7, 11) is 1.71. The van der Waals surface area contributed by atoms with E-state index in [1.54, 1.807) is 7.05 Å². The van der Waals surface area contributed by atoms with Crippen LogP contribution in [0.1, 0.15) is 25.8 Å². The molecule has 0 saturated carbocycles. The van der Waals surface area contributed by atoms with Crippen molar-refractivity contribution in [2.45, 2.75) is 26.4 Å². The normalized spacial score (nSPS) is 12.4. The molecule has 0 spiro atoms. The Hall–Kier alpha value is -1.99. The van der Waals surface area contributed by atoms with Gasteiger partial charge in [-0.1, -0.05) is 13.8 Å². The minimum atomic E-state index is -4.35. The predicted octanol–water partition coefficient (Wildman–Crippen LogP) is 2.72. The minimum absolute atomic E-state index is 0.431. The fraction of sp³-hybridized carbons (Fsp3) is 0.600. The lowest BCUT2D eigenvalue weighted by Gasteiger charge is -2.13. The van der Waals surface area contributed by atoms with E-state index in [0.29, 0.717) is 24.8 Å². The summed E-state index contributed by atoms with van der Waals surface area (Å²) in [5.74, 6) is 1.70. The van der Waals surface area contributed by atoms with Gasteiger partial charge in [-0.25, -0.2) is 4.98 Å². The molecule has 1 aromatic heterocycles. The highest BCUT2D eigenvalue weighted by Gasteiger charge is 2.30. The molecule has 1 heterocycles. The summed E-state index contributed by atoms with van der Waals surface area (Å²) >= 11 is 0. The van der Waals surface area contributed by atoms with Gasteiger partial charge in [0.1, 0.15) is 5.82 Å². The molecule has 130 valence electrons. The SMILES string of the molecule is CN=C(NCCCNc1ccc(C(F)(F)F)cn1)NCC(C)C. The van der Waals surface area contributed by atoms with E-state index in [2.05, 4.69) is 39.8 Å². The third kappa shape index (κ3) is 7.71. The van der Waals surface area contributed by atoms with Crippen LogP contribution in [-0.2, 0) is 6.18 Å². The third-order valence-electron chi connectivity index (χ3n) is 2.94. The number of nitrogens with one attached hydrogen (secondary N) is 3. The number of anilines is 1. The Morgan fingerprint density at radius 1 is 1.22 bits per heavy atom. The monoisotopic (exact) mass is 331 g/mol. The molecular weight excluding hydrogens is 307 g/mol.